The Balaban J connectivity index is 2.89. The Morgan fingerprint density at radius 1 is 1.75 bits per heavy atom. The van der Waals surface area contributed by atoms with Crippen molar-refractivity contribution in [2.24, 2.45) is 5.41 Å². The van der Waals surface area contributed by atoms with Crippen LogP contribution in [0.5, 0.6) is 0 Å². The molecule has 0 radical (unpaired) electrons. The molecule has 2 heteroatoms. The summed E-state index contributed by atoms with van der Waals surface area (Å²) in [5.74, 6) is 0. The summed E-state index contributed by atoms with van der Waals surface area (Å²) < 4.78 is 0.722. The topological polar surface area (TPSA) is 0 Å². The lowest BCUT2D eigenvalue weighted by Gasteiger charge is -2.30. The normalized spacial score (nSPS) is 31.7. The molecule has 0 aromatic heterocycles. The number of rotatable bonds is 1. The Bertz CT molecular complexity index is 226. The maximum Gasteiger partial charge on any atom is 0.0802 e. The van der Waals surface area contributed by atoms with Gasteiger partial charge in [-0.15, -0.1) is 0 Å². The van der Waals surface area contributed by atoms with E-state index in [1.165, 1.54) is 24.8 Å². The van der Waals surface area contributed by atoms with Crippen LogP contribution in [-0.2, 0) is 0 Å². The van der Waals surface area contributed by atoms with Crippen LogP contribution in [0.15, 0.2) is 21.7 Å². The summed E-state index contributed by atoms with van der Waals surface area (Å²) in [4.78, 5) is 0. The summed E-state index contributed by atoms with van der Waals surface area (Å²) in [5.41, 5.74) is 1.62. The molecule has 0 aliphatic heterocycles. The molecule has 1 unspecified atom stereocenters. The zero-order valence-electron chi connectivity index (χ0n) is 7.53. The maximum atomic E-state index is 5.82. The fourth-order valence-corrected chi connectivity index (χ4v) is 2.39. The molecule has 0 nitrogen and oxygen atoms in total. The maximum absolute atomic E-state index is 5.82. The summed E-state index contributed by atoms with van der Waals surface area (Å²) in [6.07, 6.45) is 8.10. The van der Waals surface area contributed by atoms with Crippen LogP contribution in [0.2, 0.25) is 0 Å². The molecular formula is C10H14BrCl. The van der Waals surface area contributed by atoms with E-state index in [0.717, 1.165) is 3.94 Å². The van der Waals surface area contributed by atoms with Crippen molar-refractivity contribution in [1.82, 2.24) is 0 Å². The van der Waals surface area contributed by atoms with E-state index in [9.17, 15) is 0 Å². The summed E-state index contributed by atoms with van der Waals surface area (Å²) >= 11 is 9.09. The standard InChI is InChI=1S/C10H14BrCl/c1-8-5-3-4-6-10(8,2)7-9(11)12/h5,7H,3-4,6H2,1-2H3. The second-order valence-electron chi connectivity index (χ2n) is 3.63. The Morgan fingerprint density at radius 3 is 2.92 bits per heavy atom. The Hall–Kier alpha value is 0.250. The predicted molar refractivity (Wildman–Crippen MR) is 58.6 cm³/mol. The van der Waals surface area contributed by atoms with Crippen LogP contribution in [0.3, 0.4) is 0 Å². The van der Waals surface area contributed by atoms with Crippen molar-refractivity contribution in [3.05, 3.63) is 21.7 Å². The van der Waals surface area contributed by atoms with Gasteiger partial charge in [-0.1, -0.05) is 30.2 Å². The fourth-order valence-electron chi connectivity index (χ4n) is 1.65. The highest BCUT2D eigenvalue weighted by molar-refractivity contribution is 9.12. The highest BCUT2D eigenvalue weighted by Crippen LogP contribution is 2.40. The summed E-state index contributed by atoms with van der Waals surface area (Å²) in [7, 11) is 0. The monoisotopic (exact) mass is 248 g/mol. The molecule has 0 N–H and O–H groups in total. The fraction of sp³-hybridized carbons (Fsp3) is 0.600. The number of halogens is 2. The molecule has 1 rings (SSSR count). The molecule has 0 saturated carbocycles. The molecule has 0 bridgehead atoms. The van der Waals surface area contributed by atoms with E-state index >= 15 is 0 Å². The highest BCUT2D eigenvalue weighted by Gasteiger charge is 2.25. The third-order valence-corrected chi connectivity index (χ3v) is 3.02. The molecule has 0 fully saturated rings. The summed E-state index contributed by atoms with van der Waals surface area (Å²) in [6, 6.07) is 0. The lowest BCUT2D eigenvalue weighted by atomic mass is 9.75. The van der Waals surface area contributed by atoms with Gasteiger partial charge in [-0.25, -0.2) is 0 Å². The third-order valence-electron chi connectivity index (χ3n) is 2.68. The molecule has 1 aliphatic rings. The second kappa shape index (κ2) is 3.97. The minimum absolute atomic E-state index is 0.179. The first-order chi connectivity index (χ1) is 5.54. The minimum atomic E-state index is 0.179. The van der Waals surface area contributed by atoms with Crippen molar-refractivity contribution in [3.8, 4) is 0 Å². The van der Waals surface area contributed by atoms with Gasteiger partial charge in [0.05, 0.1) is 3.94 Å². The van der Waals surface area contributed by atoms with Crippen LogP contribution in [-0.4, -0.2) is 0 Å². The molecule has 1 atom stereocenters. The lowest BCUT2D eigenvalue weighted by molar-refractivity contribution is 0.429. The van der Waals surface area contributed by atoms with Gasteiger partial charge in [0.2, 0.25) is 0 Å². The molecule has 0 spiro atoms. The first-order valence-electron chi connectivity index (χ1n) is 4.26. The second-order valence-corrected chi connectivity index (χ2v) is 5.35. The van der Waals surface area contributed by atoms with Gasteiger partial charge in [-0.3, -0.25) is 0 Å². The zero-order valence-corrected chi connectivity index (χ0v) is 9.87. The van der Waals surface area contributed by atoms with E-state index in [-0.39, 0.29) is 5.41 Å². The van der Waals surface area contributed by atoms with E-state index in [4.69, 9.17) is 11.6 Å². The molecule has 0 saturated heterocycles. The molecule has 1 aliphatic carbocycles. The Kier molecular flexibility index (Phi) is 3.42. The Morgan fingerprint density at radius 2 is 2.42 bits per heavy atom. The minimum Gasteiger partial charge on any atom is -0.0847 e. The van der Waals surface area contributed by atoms with Gasteiger partial charge in [0.25, 0.3) is 0 Å². The van der Waals surface area contributed by atoms with Gasteiger partial charge in [-0.05, 0) is 48.2 Å². The molecule has 0 amide bonds. The number of hydrogen-bond acceptors (Lipinski definition) is 0. The molecule has 68 valence electrons. The van der Waals surface area contributed by atoms with Gasteiger partial charge in [0.1, 0.15) is 0 Å². The van der Waals surface area contributed by atoms with E-state index in [1.807, 2.05) is 0 Å². The third kappa shape index (κ3) is 2.37. The van der Waals surface area contributed by atoms with Crippen LogP contribution < -0.4 is 0 Å². The first-order valence-corrected chi connectivity index (χ1v) is 5.43. The first kappa shape index (κ1) is 10.3. The van der Waals surface area contributed by atoms with Crippen molar-refractivity contribution < 1.29 is 0 Å². The molecule has 0 heterocycles. The van der Waals surface area contributed by atoms with Crippen molar-refractivity contribution in [2.75, 3.05) is 0 Å². The van der Waals surface area contributed by atoms with Gasteiger partial charge < -0.3 is 0 Å². The lowest BCUT2D eigenvalue weighted by Crippen LogP contribution is -2.17. The van der Waals surface area contributed by atoms with E-state index in [0.29, 0.717) is 0 Å². The van der Waals surface area contributed by atoms with E-state index < -0.39 is 0 Å². The van der Waals surface area contributed by atoms with Crippen LogP contribution in [0.25, 0.3) is 0 Å². The van der Waals surface area contributed by atoms with Gasteiger partial charge in [0.15, 0.2) is 0 Å². The van der Waals surface area contributed by atoms with Gasteiger partial charge >= 0.3 is 0 Å². The quantitative estimate of drug-likeness (QED) is 0.596. The van der Waals surface area contributed by atoms with Crippen molar-refractivity contribution in [3.63, 3.8) is 0 Å². The Labute approximate surface area is 87.8 Å². The van der Waals surface area contributed by atoms with Crippen molar-refractivity contribution in [1.29, 1.82) is 0 Å². The molecular weight excluding hydrogens is 235 g/mol. The summed E-state index contributed by atoms with van der Waals surface area (Å²) in [5, 5.41) is 0. The van der Waals surface area contributed by atoms with Crippen LogP contribution >= 0.6 is 27.5 Å². The number of hydrogen-bond donors (Lipinski definition) is 0. The molecule has 12 heavy (non-hydrogen) atoms. The van der Waals surface area contributed by atoms with Crippen LogP contribution in [0.1, 0.15) is 33.1 Å². The zero-order chi connectivity index (χ0) is 9.19. The van der Waals surface area contributed by atoms with E-state index in [2.05, 4.69) is 41.9 Å². The molecule has 0 aromatic carbocycles. The SMILES string of the molecule is CC1=CCCCC1(C)C=C(Cl)Br. The predicted octanol–water partition coefficient (Wildman–Crippen LogP) is 4.60. The van der Waals surface area contributed by atoms with E-state index in [1.54, 1.807) is 0 Å². The van der Waals surface area contributed by atoms with Crippen LogP contribution in [0.4, 0.5) is 0 Å². The largest absolute Gasteiger partial charge is 0.0847 e. The smallest absolute Gasteiger partial charge is 0.0802 e. The highest BCUT2D eigenvalue weighted by atomic mass is 79.9. The average molecular weight is 250 g/mol. The summed E-state index contributed by atoms with van der Waals surface area (Å²) in [6.45, 7) is 4.42. The molecule has 0 aromatic rings. The average Bonchev–Trinajstić information content (AvgIpc) is 1.94. The van der Waals surface area contributed by atoms with Gasteiger partial charge in [0, 0.05) is 5.41 Å². The van der Waals surface area contributed by atoms with Crippen molar-refractivity contribution in [2.45, 2.75) is 33.1 Å². The van der Waals surface area contributed by atoms with Gasteiger partial charge in [-0.2, -0.15) is 0 Å². The number of allylic oxidation sites excluding steroid dienone is 3. The van der Waals surface area contributed by atoms with Crippen molar-refractivity contribution >= 4 is 27.5 Å². The van der Waals surface area contributed by atoms with Crippen LogP contribution in [0, 0.1) is 5.41 Å².